The molecule has 5 heteroatoms. The Morgan fingerprint density at radius 2 is 1.88 bits per heavy atom. The Bertz CT molecular complexity index is 875. The molecule has 128 valence electrons. The molecule has 1 heterocycles. The molecule has 1 aliphatic carbocycles. The fraction of sp³-hybridized carbons (Fsp3) is 0.300. The number of fused-ring (bicyclic) bond motifs is 1. The third-order valence-corrected chi connectivity index (χ3v) is 5.00. The van der Waals surface area contributed by atoms with Gasteiger partial charge in [-0.3, -0.25) is 4.68 Å². The average molecular weight is 350 g/mol. The molecule has 0 bridgehead atoms. The van der Waals surface area contributed by atoms with Crippen molar-refractivity contribution < 1.29 is 0 Å². The fourth-order valence-corrected chi connectivity index (χ4v) is 3.80. The molecule has 0 amide bonds. The first kappa shape index (κ1) is 16.1. The molecule has 0 atom stereocenters. The highest BCUT2D eigenvalue weighted by Gasteiger charge is 2.15. The summed E-state index contributed by atoms with van der Waals surface area (Å²) in [7, 11) is 0. The summed E-state index contributed by atoms with van der Waals surface area (Å²) in [6.07, 6.45) is 6.98. The maximum atomic E-state index is 5.40. The third-order valence-electron chi connectivity index (χ3n) is 4.78. The van der Waals surface area contributed by atoms with Gasteiger partial charge in [0.25, 0.3) is 0 Å². The first-order valence-corrected chi connectivity index (χ1v) is 9.26. The van der Waals surface area contributed by atoms with Crippen LogP contribution in [0.4, 0.5) is 5.82 Å². The molecule has 0 aliphatic heterocycles. The molecular weight excluding hydrogens is 328 g/mol. The van der Waals surface area contributed by atoms with Crippen LogP contribution in [0.5, 0.6) is 0 Å². The molecule has 4 rings (SSSR count). The van der Waals surface area contributed by atoms with Crippen LogP contribution in [0.25, 0.3) is 10.8 Å². The van der Waals surface area contributed by atoms with Crippen LogP contribution in [0.15, 0.2) is 54.7 Å². The molecular formula is C20H22N4S. The monoisotopic (exact) mass is 350 g/mol. The summed E-state index contributed by atoms with van der Waals surface area (Å²) in [5, 5.41) is 14.4. The second kappa shape index (κ2) is 7.23. The predicted octanol–water partition coefficient (Wildman–Crippen LogP) is 4.31. The zero-order chi connectivity index (χ0) is 17.1. The highest BCUT2D eigenvalue weighted by Crippen LogP contribution is 2.20. The van der Waals surface area contributed by atoms with Crippen LogP contribution in [0.2, 0.25) is 0 Å². The van der Waals surface area contributed by atoms with E-state index in [1.54, 1.807) is 0 Å². The minimum absolute atomic E-state index is 0.512. The van der Waals surface area contributed by atoms with Crippen LogP contribution < -0.4 is 10.6 Å². The fourth-order valence-electron chi connectivity index (χ4n) is 3.53. The normalized spacial score (nSPS) is 14.7. The minimum atomic E-state index is 0.512. The molecule has 3 aromatic rings. The molecule has 0 spiro atoms. The van der Waals surface area contributed by atoms with Crippen LogP contribution >= 0.6 is 12.2 Å². The zero-order valence-electron chi connectivity index (χ0n) is 14.1. The number of hydrogen-bond donors (Lipinski definition) is 2. The number of rotatable bonds is 4. The van der Waals surface area contributed by atoms with Crippen LogP contribution in [0, 0.1) is 0 Å². The summed E-state index contributed by atoms with van der Waals surface area (Å²) in [4.78, 5) is 0. The van der Waals surface area contributed by atoms with Gasteiger partial charge in [-0.05, 0) is 41.4 Å². The summed E-state index contributed by atoms with van der Waals surface area (Å²) < 4.78 is 1.95. The Morgan fingerprint density at radius 1 is 1.08 bits per heavy atom. The summed E-state index contributed by atoms with van der Waals surface area (Å²) in [5.74, 6) is 0.788. The molecule has 4 nitrogen and oxygen atoms in total. The third kappa shape index (κ3) is 3.82. The summed E-state index contributed by atoms with van der Waals surface area (Å²) in [6.45, 7) is 0.742. The average Bonchev–Trinajstić information content (AvgIpc) is 3.27. The molecule has 2 N–H and O–H groups in total. The molecule has 1 aliphatic rings. The van der Waals surface area contributed by atoms with E-state index >= 15 is 0 Å². The van der Waals surface area contributed by atoms with E-state index in [0.29, 0.717) is 11.2 Å². The first-order chi connectivity index (χ1) is 12.3. The van der Waals surface area contributed by atoms with Gasteiger partial charge in [-0.25, -0.2) is 0 Å². The molecule has 2 aromatic carbocycles. The summed E-state index contributed by atoms with van der Waals surface area (Å²) in [6, 6.07) is 17.3. The number of anilines is 1. The predicted molar refractivity (Wildman–Crippen MR) is 107 cm³/mol. The number of nitrogens with zero attached hydrogens (tertiary/aromatic N) is 2. The molecule has 25 heavy (non-hydrogen) atoms. The van der Waals surface area contributed by atoms with Gasteiger partial charge in [0.05, 0.1) is 6.54 Å². The lowest BCUT2D eigenvalue weighted by molar-refractivity contribution is 0.634. The van der Waals surface area contributed by atoms with Gasteiger partial charge in [-0.1, -0.05) is 55.3 Å². The van der Waals surface area contributed by atoms with Crippen molar-refractivity contribution >= 4 is 33.9 Å². The van der Waals surface area contributed by atoms with Gasteiger partial charge < -0.3 is 10.6 Å². The van der Waals surface area contributed by atoms with Crippen molar-refractivity contribution in [3.63, 3.8) is 0 Å². The lowest BCUT2D eigenvalue weighted by Gasteiger charge is -2.14. The first-order valence-electron chi connectivity index (χ1n) is 8.85. The van der Waals surface area contributed by atoms with Gasteiger partial charge in [0.1, 0.15) is 0 Å². The molecule has 0 radical (unpaired) electrons. The van der Waals surface area contributed by atoms with E-state index in [1.165, 1.54) is 42.0 Å². The molecule has 1 aromatic heterocycles. The van der Waals surface area contributed by atoms with Crippen LogP contribution in [-0.2, 0) is 6.54 Å². The Balaban J connectivity index is 1.43. The molecule has 1 fully saturated rings. The largest absolute Gasteiger partial charge is 0.360 e. The van der Waals surface area contributed by atoms with Crippen LogP contribution in [-0.4, -0.2) is 20.9 Å². The van der Waals surface area contributed by atoms with Crippen molar-refractivity contribution in [3.8, 4) is 0 Å². The van der Waals surface area contributed by atoms with E-state index in [9.17, 15) is 0 Å². The van der Waals surface area contributed by atoms with E-state index in [-0.39, 0.29) is 0 Å². The number of benzene rings is 2. The Hall–Kier alpha value is -2.40. The highest BCUT2D eigenvalue weighted by molar-refractivity contribution is 7.80. The summed E-state index contributed by atoms with van der Waals surface area (Å²) in [5.41, 5.74) is 1.26. The van der Waals surface area contributed by atoms with E-state index < -0.39 is 0 Å². The van der Waals surface area contributed by atoms with Crippen molar-refractivity contribution in [1.29, 1.82) is 0 Å². The quantitative estimate of drug-likeness (QED) is 0.688. The van der Waals surface area contributed by atoms with E-state index in [2.05, 4.69) is 58.2 Å². The lowest BCUT2D eigenvalue weighted by atomic mass is 10.0. The number of aromatic nitrogens is 2. The van der Waals surface area contributed by atoms with Crippen molar-refractivity contribution in [2.75, 3.05) is 5.32 Å². The zero-order valence-corrected chi connectivity index (χ0v) is 14.9. The van der Waals surface area contributed by atoms with Crippen molar-refractivity contribution in [2.45, 2.75) is 38.3 Å². The van der Waals surface area contributed by atoms with Crippen molar-refractivity contribution in [3.05, 3.63) is 60.3 Å². The van der Waals surface area contributed by atoms with Gasteiger partial charge in [0.15, 0.2) is 10.9 Å². The lowest BCUT2D eigenvalue weighted by Crippen LogP contribution is -2.36. The number of hydrogen-bond acceptors (Lipinski definition) is 2. The van der Waals surface area contributed by atoms with E-state index in [0.717, 1.165) is 12.4 Å². The second-order valence-corrected chi connectivity index (χ2v) is 7.02. The van der Waals surface area contributed by atoms with Crippen molar-refractivity contribution in [1.82, 2.24) is 15.1 Å². The van der Waals surface area contributed by atoms with Gasteiger partial charge in [-0.2, -0.15) is 5.10 Å². The summed E-state index contributed by atoms with van der Waals surface area (Å²) >= 11 is 5.40. The van der Waals surface area contributed by atoms with E-state index in [4.69, 9.17) is 12.2 Å². The molecule has 0 saturated heterocycles. The Morgan fingerprint density at radius 3 is 2.76 bits per heavy atom. The standard InChI is InChI=1S/C20H22N4S/c25-20(21-17-9-2-3-10-17)22-19-12-13-24(23-19)14-16-8-5-7-15-6-1-4-11-18(15)16/h1,4-8,11-13,17H,2-3,9-10,14H2,(H2,21,22,23,25). The van der Waals surface area contributed by atoms with E-state index in [1.807, 2.05) is 16.9 Å². The van der Waals surface area contributed by atoms with Crippen LogP contribution in [0.3, 0.4) is 0 Å². The van der Waals surface area contributed by atoms with Gasteiger partial charge in [-0.15, -0.1) is 0 Å². The maximum absolute atomic E-state index is 5.40. The Kier molecular flexibility index (Phi) is 4.65. The minimum Gasteiger partial charge on any atom is -0.360 e. The van der Waals surface area contributed by atoms with Gasteiger partial charge in [0.2, 0.25) is 0 Å². The topological polar surface area (TPSA) is 41.9 Å². The molecule has 1 saturated carbocycles. The number of thiocarbonyl (C=S) groups is 1. The SMILES string of the molecule is S=C(Nc1ccn(Cc2cccc3ccccc23)n1)NC1CCCC1. The Labute approximate surface area is 153 Å². The highest BCUT2D eigenvalue weighted by atomic mass is 32.1. The van der Waals surface area contributed by atoms with Gasteiger partial charge in [0, 0.05) is 18.3 Å². The van der Waals surface area contributed by atoms with Crippen LogP contribution in [0.1, 0.15) is 31.2 Å². The molecule has 0 unspecified atom stereocenters. The van der Waals surface area contributed by atoms with Gasteiger partial charge >= 0.3 is 0 Å². The van der Waals surface area contributed by atoms with Crippen molar-refractivity contribution in [2.24, 2.45) is 0 Å². The number of nitrogens with one attached hydrogen (secondary N) is 2. The second-order valence-electron chi connectivity index (χ2n) is 6.62. The maximum Gasteiger partial charge on any atom is 0.172 e. The smallest absolute Gasteiger partial charge is 0.172 e.